The molecule has 0 bridgehead atoms. The molecule has 160 valence electrons. The standard InChI is InChI=1S/C27H46O/c1-19(18-28)8-7-9-20(2)23-13-14-24-22-12-11-21-10-5-6-16-26(21,3)25(22)15-17-27(23,24)4/h18,20-25,28H,5-17H2,1-4H3/t20-,21?,22+,23-,24+,25+,26+,27-/m1/s1. The minimum Gasteiger partial charge on any atom is -0.516 e. The minimum absolute atomic E-state index is 0.611. The van der Waals surface area contributed by atoms with E-state index in [0.29, 0.717) is 10.8 Å². The summed E-state index contributed by atoms with van der Waals surface area (Å²) in [6.45, 7) is 10.0. The number of fused-ring (bicyclic) bond motifs is 5. The lowest BCUT2D eigenvalue weighted by Crippen LogP contribution is -2.53. The Labute approximate surface area is 174 Å². The molecule has 1 heteroatoms. The monoisotopic (exact) mass is 386 g/mol. The van der Waals surface area contributed by atoms with Crippen LogP contribution in [0, 0.1) is 46.3 Å². The van der Waals surface area contributed by atoms with Crippen molar-refractivity contribution in [3.63, 3.8) is 0 Å². The van der Waals surface area contributed by atoms with E-state index >= 15 is 0 Å². The molecule has 0 aromatic rings. The van der Waals surface area contributed by atoms with Crippen LogP contribution in [0.15, 0.2) is 11.8 Å². The fraction of sp³-hybridized carbons (Fsp3) is 0.926. The van der Waals surface area contributed by atoms with E-state index in [1.807, 2.05) is 0 Å². The summed E-state index contributed by atoms with van der Waals surface area (Å²) in [6.07, 6.45) is 20.1. The van der Waals surface area contributed by atoms with Crippen molar-refractivity contribution >= 4 is 0 Å². The Morgan fingerprint density at radius 2 is 1.75 bits per heavy atom. The number of rotatable bonds is 5. The lowest BCUT2D eigenvalue weighted by Gasteiger charge is -2.61. The first-order chi connectivity index (χ1) is 13.4. The third-order valence-electron chi connectivity index (χ3n) is 10.8. The molecule has 1 nitrogen and oxygen atoms in total. The van der Waals surface area contributed by atoms with Gasteiger partial charge in [0.1, 0.15) is 0 Å². The highest BCUT2D eigenvalue weighted by Gasteiger charge is 2.59. The van der Waals surface area contributed by atoms with Gasteiger partial charge in [-0.05, 0) is 123 Å². The molecule has 0 spiro atoms. The summed E-state index contributed by atoms with van der Waals surface area (Å²) in [6, 6.07) is 0. The van der Waals surface area contributed by atoms with Gasteiger partial charge in [-0.1, -0.05) is 40.0 Å². The van der Waals surface area contributed by atoms with Crippen LogP contribution in [0.25, 0.3) is 0 Å². The SMILES string of the molecule is CC(=CO)CCC[C@@H](C)[C@H]1CC[C@H]2[C@@H]3CCC4CCCC[C@]4(C)[C@H]3CC[C@]12C. The number of hydrogen-bond donors (Lipinski definition) is 1. The van der Waals surface area contributed by atoms with Crippen molar-refractivity contribution in [1.29, 1.82) is 0 Å². The molecule has 4 rings (SSSR count). The topological polar surface area (TPSA) is 20.2 Å². The summed E-state index contributed by atoms with van der Waals surface area (Å²) in [5.74, 6) is 5.92. The van der Waals surface area contributed by atoms with Crippen molar-refractivity contribution in [3.8, 4) is 0 Å². The second-order valence-electron chi connectivity index (χ2n) is 12.0. The van der Waals surface area contributed by atoms with Gasteiger partial charge in [-0.2, -0.15) is 0 Å². The van der Waals surface area contributed by atoms with Gasteiger partial charge in [-0.25, -0.2) is 0 Å². The number of aliphatic hydroxyl groups excluding tert-OH is 1. The van der Waals surface area contributed by atoms with E-state index in [1.165, 1.54) is 76.9 Å². The van der Waals surface area contributed by atoms with Crippen molar-refractivity contribution in [2.24, 2.45) is 46.3 Å². The van der Waals surface area contributed by atoms with E-state index in [1.54, 1.807) is 6.42 Å². The normalized spacial score (nSPS) is 47.1. The summed E-state index contributed by atoms with van der Waals surface area (Å²) in [4.78, 5) is 0. The van der Waals surface area contributed by atoms with E-state index in [-0.39, 0.29) is 0 Å². The number of allylic oxidation sites excluding steroid dienone is 1. The summed E-state index contributed by atoms with van der Waals surface area (Å²) in [7, 11) is 0. The first-order valence-corrected chi connectivity index (χ1v) is 12.7. The second kappa shape index (κ2) is 7.99. The van der Waals surface area contributed by atoms with Crippen LogP contribution >= 0.6 is 0 Å². The minimum atomic E-state index is 0.611. The maximum absolute atomic E-state index is 9.16. The molecule has 0 aromatic carbocycles. The molecule has 0 aliphatic heterocycles. The molecule has 4 saturated carbocycles. The van der Waals surface area contributed by atoms with Crippen LogP contribution in [-0.4, -0.2) is 5.11 Å². The molecule has 28 heavy (non-hydrogen) atoms. The molecule has 0 heterocycles. The predicted molar refractivity (Wildman–Crippen MR) is 119 cm³/mol. The molecule has 0 saturated heterocycles. The molecule has 1 N–H and O–H groups in total. The van der Waals surface area contributed by atoms with Crippen LogP contribution in [0.4, 0.5) is 0 Å². The lowest BCUT2D eigenvalue weighted by atomic mass is 9.44. The Morgan fingerprint density at radius 1 is 0.964 bits per heavy atom. The van der Waals surface area contributed by atoms with E-state index in [2.05, 4.69) is 27.7 Å². The zero-order valence-corrected chi connectivity index (χ0v) is 19.2. The highest BCUT2D eigenvalue weighted by Crippen LogP contribution is 2.68. The number of hydrogen-bond acceptors (Lipinski definition) is 1. The molecular weight excluding hydrogens is 340 g/mol. The highest BCUT2D eigenvalue weighted by atomic mass is 16.2. The third kappa shape index (κ3) is 3.37. The van der Waals surface area contributed by atoms with Crippen molar-refractivity contribution < 1.29 is 5.11 Å². The molecule has 4 aliphatic carbocycles. The van der Waals surface area contributed by atoms with Crippen LogP contribution in [0.3, 0.4) is 0 Å². The summed E-state index contributed by atoms with van der Waals surface area (Å²) >= 11 is 0. The Kier molecular flexibility index (Phi) is 5.94. The van der Waals surface area contributed by atoms with Gasteiger partial charge in [-0.3, -0.25) is 0 Å². The molecule has 0 aromatic heterocycles. The van der Waals surface area contributed by atoms with Gasteiger partial charge < -0.3 is 5.11 Å². The van der Waals surface area contributed by atoms with Gasteiger partial charge in [0, 0.05) is 0 Å². The Balaban J connectivity index is 1.44. The molecule has 0 amide bonds. The predicted octanol–water partition coefficient (Wildman–Crippen LogP) is 8.30. The van der Waals surface area contributed by atoms with Crippen molar-refractivity contribution in [2.75, 3.05) is 0 Å². The summed E-state index contributed by atoms with van der Waals surface area (Å²) in [5.41, 5.74) is 2.43. The van der Waals surface area contributed by atoms with Crippen molar-refractivity contribution in [2.45, 2.75) is 111 Å². The van der Waals surface area contributed by atoms with Crippen LogP contribution in [-0.2, 0) is 0 Å². The second-order valence-corrected chi connectivity index (χ2v) is 12.0. The van der Waals surface area contributed by atoms with Gasteiger partial charge in [-0.15, -0.1) is 0 Å². The molecule has 0 radical (unpaired) electrons. The summed E-state index contributed by atoms with van der Waals surface area (Å²) in [5, 5.41) is 9.16. The zero-order chi connectivity index (χ0) is 19.9. The maximum atomic E-state index is 9.16. The van der Waals surface area contributed by atoms with Crippen LogP contribution in [0.1, 0.15) is 111 Å². The Hall–Kier alpha value is -0.460. The van der Waals surface area contributed by atoms with E-state index < -0.39 is 0 Å². The Bertz CT molecular complexity index is 579. The fourth-order valence-electron chi connectivity index (χ4n) is 9.24. The van der Waals surface area contributed by atoms with Gasteiger partial charge in [0.25, 0.3) is 0 Å². The van der Waals surface area contributed by atoms with Crippen molar-refractivity contribution in [3.05, 3.63) is 11.8 Å². The molecule has 4 fully saturated rings. The van der Waals surface area contributed by atoms with Gasteiger partial charge >= 0.3 is 0 Å². The van der Waals surface area contributed by atoms with Crippen LogP contribution in [0.2, 0.25) is 0 Å². The smallest absolute Gasteiger partial charge is 0.0780 e. The fourth-order valence-corrected chi connectivity index (χ4v) is 9.24. The van der Waals surface area contributed by atoms with E-state index in [4.69, 9.17) is 5.11 Å². The molecule has 8 atom stereocenters. The Morgan fingerprint density at radius 3 is 2.54 bits per heavy atom. The largest absolute Gasteiger partial charge is 0.516 e. The maximum Gasteiger partial charge on any atom is 0.0780 e. The van der Waals surface area contributed by atoms with E-state index in [9.17, 15) is 0 Å². The van der Waals surface area contributed by atoms with Gasteiger partial charge in [0.2, 0.25) is 0 Å². The van der Waals surface area contributed by atoms with Crippen molar-refractivity contribution in [1.82, 2.24) is 0 Å². The van der Waals surface area contributed by atoms with Gasteiger partial charge in [0.05, 0.1) is 6.26 Å². The molecule has 4 aliphatic rings. The first kappa shape index (κ1) is 20.8. The molecule has 1 unspecified atom stereocenters. The molecular formula is C27H46O. The summed E-state index contributed by atoms with van der Waals surface area (Å²) < 4.78 is 0. The highest BCUT2D eigenvalue weighted by molar-refractivity contribution is 5.09. The quantitative estimate of drug-likeness (QED) is 0.471. The van der Waals surface area contributed by atoms with E-state index in [0.717, 1.165) is 47.5 Å². The third-order valence-corrected chi connectivity index (χ3v) is 10.8. The van der Waals surface area contributed by atoms with Gasteiger partial charge in [0.15, 0.2) is 0 Å². The van der Waals surface area contributed by atoms with Crippen LogP contribution < -0.4 is 0 Å². The average Bonchev–Trinajstić information content (AvgIpc) is 3.04. The zero-order valence-electron chi connectivity index (χ0n) is 19.2. The number of aliphatic hydroxyl groups is 1. The average molecular weight is 387 g/mol. The lowest BCUT2D eigenvalue weighted by molar-refractivity contribution is -0.114. The van der Waals surface area contributed by atoms with Crippen LogP contribution in [0.5, 0.6) is 0 Å². The first-order valence-electron chi connectivity index (χ1n) is 12.7.